The molecule has 0 N–H and O–H groups in total. The average Bonchev–Trinajstić information content (AvgIpc) is 2.31. The maximum Gasteiger partial charge on any atom is 0.0258 e. The highest BCUT2D eigenvalue weighted by molar-refractivity contribution is 8.02. The van der Waals surface area contributed by atoms with Gasteiger partial charge in [-0.3, -0.25) is 0 Å². The highest BCUT2D eigenvalue weighted by Gasteiger charge is 2.01. The van der Waals surface area contributed by atoms with E-state index in [4.69, 9.17) is 0 Å². The molecule has 0 atom stereocenters. The maximum absolute atomic E-state index is 2.17. The van der Waals surface area contributed by atoms with Crippen molar-refractivity contribution in [3.8, 4) is 0 Å². The normalized spacial score (nSPS) is 10.2. The molecule has 0 heterocycles. The predicted molar refractivity (Wildman–Crippen MR) is 68.8 cm³/mol. The summed E-state index contributed by atoms with van der Waals surface area (Å²) in [5.74, 6) is 0. The lowest BCUT2D eigenvalue weighted by Crippen LogP contribution is -1.77. The zero-order chi connectivity index (χ0) is 10.5. The predicted octanol–water partition coefficient (Wildman–Crippen LogP) is 4.56. The lowest BCUT2D eigenvalue weighted by molar-refractivity contribution is 1.24. The fourth-order valence-electron chi connectivity index (χ4n) is 1.32. The Kier molecular flexibility index (Phi) is 3.75. The van der Waals surface area contributed by atoms with Crippen molar-refractivity contribution in [1.29, 1.82) is 0 Å². The van der Waals surface area contributed by atoms with Crippen molar-refractivity contribution in [2.24, 2.45) is 0 Å². The van der Waals surface area contributed by atoms with Crippen LogP contribution in [-0.4, -0.2) is 6.26 Å². The molecule has 0 radical (unpaired) electrons. The quantitative estimate of drug-likeness (QED) is 0.711. The van der Waals surface area contributed by atoms with Gasteiger partial charge in [0.1, 0.15) is 0 Å². The molecule has 0 bridgehead atoms. The van der Waals surface area contributed by atoms with E-state index in [1.807, 2.05) is 17.8 Å². The Labute approximate surface area is 99.1 Å². The number of hydrogen-bond acceptors (Lipinski definition) is 2. The Morgan fingerprint density at radius 1 is 0.733 bits per heavy atom. The van der Waals surface area contributed by atoms with Gasteiger partial charge in [0.15, 0.2) is 0 Å². The Balaban J connectivity index is 2.24. The highest BCUT2D eigenvalue weighted by Crippen LogP contribution is 2.34. The van der Waals surface area contributed by atoms with Gasteiger partial charge in [0.05, 0.1) is 0 Å². The molecule has 0 unspecified atom stereocenters. The van der Waals surface area contributed by atoms with E-state index in [1.165, 1.54) is 14.7 Å². The van der Waals surface area contributed by atoms with Gasteiger partial charge in [-0.15, -0.1) is 11.8 Å². The van der Waals surface area contributed by atoms with Gasteiger partial charge in [-0.05, 0) is 30.5 Å². The average molecular weight is 232 g/mol. The van der Waals surface area contributed by atoms with Crippen molar-refractivity contribution < 1.29 is 0 Å². The molecule has 0 aliphatic rings. The second kappa shape index (κ2) is 5.29. The second-order valence-electron chi connectivity index (χ2n) is 3.07. The fourth-order valence-corrected chi connectivity index (χ4v) is 3.04. The zero-order valence-corrected chi connectivity index (χ0v) is 10.1. The van der Waals surface area contributed by atoms with E-state index >= 15 is 0 Å². The largest absolute Gasteiger partial charge is 0.128 e. The molecule has 15 heavy (non-hydrogen) atoms. The van der Waals surface area contributed by atoms with E-state index in [1.54, 1.807) is 11.8 Å². The lowest BCUT2D eigenvalue weighted by Gasteiger charge is -2.05. The molecule has 2 rings (SSSR count). The monoisotopic (exact) mass is 232 g/mol. The van der Waals surface area contributed by atoms with Crippen LogP contribution < -0.4 is 0 Å². The summed E-state index contributed by atoms with van der Waals surface area (Å²) in [5.41, 5.74) is 0. The van der Waals surface area contributed by atoms with Crippen LogP contribution in [0.3, 0.4) is 0 Å². The van der Waals surface area contributed by atoms with Gasteiger partial charge in [-0.2, -0.15) is 0 Å². The van der Waals surface area contributed by atoms with Gasteiger partial charge in [0.25, 0.3) is 0 Å². The molecule has 0 amide bonds. The van der Waals surface area contributed by atoms with Crippen LogP contribution in [0.1, 0.15) is 0 Å². The van der Waals surface area contributed by atoms with Gasteiger partial charge in [-0.25, -0.2) is 0 Å². The summed E-state index contributed by atoms with van der Waals surface area (Å²) in [6, 6.07) is 19.0. The van der Waals surface area contributed by atoms with Crippen molar-refractivity contribution in [3.63, 3.8) is 0 Å². The first kappa shape index (κ1) is 10.7. The van der Waals surface area contributed by atoms with Crippen molar-refractivity contribution in [2.75, 3.05) is 6.26 Å². The summed E-state index contributed by atoms with van der Waals surface area (Å²) in [6.45, 7) is 0. The minimum Gasteiger partial charge on any atom is -0.128 e. The van der Waals surface area contributed by atoms with E-state index in [0.717, 1.165) is 0 Å². The van der Waals surface area contributed by atoms with Gasteiger partial charge in [0, 0.05) is 14.7 Å². The number of hydrogen-bond donors (Lipinski definition) is 0. The van der Waals surface area contributed by atoms with E-state index in [2.05, 4.69) is 54.8 Å². The van der Waals surface area contributed by atoms with Crippen molar-refractivity contribution in [3.05, 3.63) is 54.6 Å². The molecule has 0 spiro atoms. The van der Waals surface area contributed by atoms with Crippen molar-refractivity contribution in [1.82, 2.24) is 0 Å². The van der Waals surface area contributed by atoms with E-state index in [-0.39, 0.29) is 0 Å². The van der Waals surface area contributed by atoms with Crippen LogP contribution in [0.5, 0.6) is 0 Å². The van der Waals surface area contributed by atoms with Crippen LogP contribution in [-0.2, 0) is 0 Å². The molecular weight excluding hydrogens is 220 g/mol. The Bertz CT molecular complexity index is 424. The summed E-state index contributed by atoms with van der Waals surface area (Å²) in [7, 11) is 0. The second-order valence-corrected chi connectivity index (χ2v) is 5.03. The number of thioether (sulfide) groups is 1. The molecular formula is C13H12S2. The van der Waals surface area contributed by atoms with E-state index < -0.39 is 0 Å². The van der Waals surface area contributed by atoms with Crippen LogP contribution in [0.25, 0.3) is 0 Å². The number of rotatable bonds is 3. The van der Waals surface area contributed by atoms with E-state index in [9.17, 15) is 0 Å². The molecule has 0 aliphatic carbocycles. The SMILES string of the molecule is CSc1ccccc1Sc1ccccc1. The smallest absolute Gasteiger partial charge is 0.0258 e. The summed E-state index contributed by atoms with van der Waals surface area (Å²) < 4.78 is 0. The molecule has 0 saturated carbocycles. The third kappa shape index (κ3) is 2.80. The van der Waals surface area contributed by atoms with Crippen LogP contribution in [0, 0.1) is 0 Å². The minimum atomic E-state index is 1.29. The van der Waals surface area contributed by atoms with Crippen LogP contribution in [0.15, 0.2) is 69.3 Å². The van der Waals surface area contributed by atoms with Gasteiger partial charge < -0.3 is 0 Å². The molecule has 0 saturated heterocycles. The van der Waals surface area contributed by atoms with E-state index in [0.29, 0.717) is 0 Å². The molecule has 0 nitrogen and oxygen atoms in total. The minimum absolute atomic E-state index is 1.29. The molecule has 2 aromatic carbocycles. The Morgan fingerprint density at radius 3 is 2.00 bits per heavy atom. The molecule has 2 aromatic rings. The first-order valence-electron chi connectivity index (χ1n) is 4.76. The van der Waals surface area contributed by atoms with Crippen molar-refractivity contribution in [2.45, 2.75) is 14.7 Å². The highest BCUT2D eigenvalue weighted by atomic mass is 32.2. The maximum atomic E-state index is 2.17. The van der Waals surface area contributed by atoms with Gasteiger partial charge in [-0.1, -0.05) is 42.1 Å². The zero-order valence-electron chi connectivity index (χ0n) is 8.51. The molecule has 2 heteroatoms. The molecule has 0 aliphatic heterocycles. The topological polar surface area (TPSA) is 0 Å². The molecule has 0 aromatic heterocycles. The Hall–Kier alpha value is -0.860. The summed E-state index contributed by atoms with van der Waals surface area (Å²) >= 11 is 3.61. The first-order valence-corrected chi connectivity index (χ1v) is 6.80. The third-order valence-corrected chi connectivity index (χ3v) is 4.05. The Morgan fingerprint density at radius 2 is 1.33 bits per heavy atom. The van der Waals surface area contributed by atoms with Gasteiger partial charge >= 0.3 is 0 Å². The van der Waals surface area contributed by atoms with Crippen LogP contribution in [0.4, 0.5) is 0 Å². The molecule has 76 valence electrons. The summed E-state index contributed by atoms with van der Waals surface area (Å²) in [5, 5.41) is 0. The summed E-state index contributed by atoms with van der Waals surface area (Å²) in [4.78, 5) is 3.96. The number of benzene rings is 2. The van der Waals surface area contributed by atoms with Gasteiger partial charge in [0.2, 0.25) is 0 Å². The fraction of sp³-hybridized carbons (Fsp3) is 0.0769. The molecule has 0 fully saturated rings. The van der Waals surface area contributed by atoms with Crippen LogP contribution in [0.2, 0.25) is 0 Å². The standard InChI is InChI=1S/C13H12S2/c1-14-12-9-5-6-10-13(12)15-11-7-3-2-4-8-11/h2-10H,1H3. The van der Waals surface area contributed by atoms with Crippen LogP contribution >= 0.6 is 23.5 Å². The summed E-state index contributed by atoms with van der Waals surface area (Å²) in [6.07, 6.45) is 2.12. The van der Waals surface area contributed by atoms with Crippen molar-refractivity contribution >= 4 is 23.5 Å². The third-order valence-electron chi connectivity index (χ3n) is 2.04. The lowest BCUT2D eigenvalue weighted by atomic mass is 10.4. The first-order chi connectivity index (χ1) is 7.40.